The summed E-state index contributed by atoms with van der Waals surface area (Å²) in [6.07, 6.45) is 5.67. The van der Waals surface area contributed by atoms with E-state index in [1.54, 1.807) is 22.8 Å². The standard InChI is InChI=1S/C22H27ClN6O2/c1-27-13-15(11-25-27)8-21(30)29-7-3-4-19(14-29)28(2)22(31)24-12-18-10-16-9-17(23)5-6-20(16)26-18/h5-6,9-11,13,19,26H,3-4,7-8,12,14H2,1-2H3,(H,24,31)/t19-/m1/s1. The lowest BCUT2D eigenvalue weighted by molar-refractivity contribution is -0.132. The molecule has 164 valence electrons. The van der Waals surface area contributed by atoms with Gasteiger partial charge in [-0.05, 0) is 42.7 Å². The molecule has 0 aliphatic carbocycles. The molecule has 2 N–H and O–H groups in total. The Morgan fingerprint density at radius 1 is 1.35 bits per heavy atom. The molecule has 3 amide bonds. The fourth-order valence-electron chi connectivity index (χ4n) is 4.07. The highest BCUT2D eigenvalue weighted by atomic mass is 35.5. The van der Waals surface area contributed by atoms with E-state index in [4.69, 9.17) is 11.6 Å². The number of H-pyrrole nitrogens is 1. The van der Waals surface area contributed by atoms with Crippen LogP contribution in [-0.2, 0) is 24.8 Å². The van der Waals surface area contributed by atoms with Crippen LogP contribution in [0.2, 0.25) is 5.02 Å². The summed E-state index contributed by atoms with van der Waals surface area (Å²) in [5.41, 5.74) is 2.80. The summed E-state index contributed by atoms with van der Waals surface area (Å²) in [4.78, 5) is 32.3. The number of piperidine rings is 1. The summed E-state index contributed by atoms with van der Waals surface area (Å²) in [6, 6.07) is 7.48. The summed E-state index contributed by atoms with van der Waals surface area (Å²) >= 11 is 6.04. The molecular formula is C22H27ClN6O2. The number of hydrogen-bond donors (Lipinski definition) is 2. The fourth-order valence-corrected chi connectivity index (χ4v) is 4.25. The second kappa shape index (κ2) is 9.01. The van der Waals surface area contributed by atoms with Crippen molar-refractivity contribution in [3.05, 3.63) is 52.9 Å². The molecule has 0 spiro atoms. The van der Waals surface area contributed by atoms with Crippen LogP contribution in [0.1, 0.15) is 24.1 Å². The first-order valence-corrected chi connectivity index (χ1v) is 10.8. The molecule has 8 nitrogen and oxygen atoms in total. The molecule has 0 bridgehead atoms. The number of rotatable bonds is 5. The fraction of sp³-hybridized carbons (Fsp3) is 0.409. The molecule has 1 atom stereocenters. The van der Waals surface area contributed by atoms with Crippen LogP contribution in [0.5, 0.6) is 0 Å². The topological polar surface area (TPSA) is 86.3 Å². The van der Waals surface area contributed by atoms with Crippen LogP contribution in [0, 0.1) is 0 Å². The predicted molar refractivity (Wildman–Crippen MR) is 120 cm³/mol. The van der Waals surface area contributed by atoms with E-state index in [2.05, 4.69) is 15.4 Å². The number of urea groups is 1. The quantitative estimate of drug-likeness (QED) is 0.637. The number of nitrogens with zero attached hydrogens (tertiary/aromatic N) is 4. The van der Waals surface area contributed by atoms with Crippen LogP contribution in [0.4, 0.5) is 4.79 Å². The van der Waals surface area contributed by atoms with Crippen LogP contribution in [0.25, 0.3) is 10.9 Å². The number of amides is 3. The zero-order valence-electron chi connectivity index (χ0n) is 17.8. The van der Waals surface area contributed by atoms with Crippen molar-refractivity contribution in [2.75, 3.05) is 20.1 Å². The summed E-state index contributed by atoms with van der Waals surface area (Å²) in [6.45, 7) is 1.67. The number of nitrogens with one attached hydrogen (secondary N) is 2. The Hall–Kier alpha value is -3.00. The average molecular weight is 443 g/mol. The van der Waals surface area contributed by atoms with Crippen molar-refractivity contribution in [3.8, 4) is 0 Å². The normalized spacial score (nSPS) is 16.5. The number of fused-ring (bicyclic) bond motifs is 1. The molecule has 0 radical (unpaired) electrons. The van der Waals surface area contributed by atoms with E-state index in [0.29, 0.717) is 24.5 Å². The maximum Gasteiger partial charge on any atom is 0.317 e. The third-order valence-electron chi connectivity index (χ3n) is 5.80. The number of benzene rings is 1. The molecule has 0 unspecified atom stereocenters. The number of halogens is 1. The number of aromatic nitrogens is 3. The molecule has 1 saturated heterocycles. The number of hydrogen-bond acceptors (Lipinski definition) is 3. The zero-order chi connectivity index (χ0) is 22.0. The van der Waals surface area contributed by atoms with Crippen LogP contribution >= 0.6 is 11.6 Å². The molecule has 0 saturated carbocycles. The lowest BCUT2D eigenvalue weighted by atomic mass is 10.0. The van der Waals surface area contributed by atoms with Gasteiger partial charge in [-0.1, -0.05) is 11.6 Å². The number of aromatic amines is 1. The Bertz CT molecular complexity index is 1090. The Morgan fingerprint density at radius 2 is 2.19 bits per heavy atom. The first-order valence-electron chi connectivity index (χ1n) is 10.4. The number of carbonyl (C=O) groups is 2. The van der Waals surface area contributed by atoms with Gasteiger partial charge in [0.05, 0.1) is 25.2 Å². The molecule has 3 aromatic rings. The van der Waals surface area contributed by atoms with Gasteiger partial charge in [0.25, 0.3) is 0 Å². The number of likely N-dealkylation sites (N-methyl/N-ethyl adjacent to an activating group) is 1. The van der Waals surface area contributed by atoms with Gasteiger partial charge >= 0.3 is 6.03 Å². The molecular weight excluding hydrogens is 416 g/mol. The van der Waals surface area contributed by atoms with Gasteiger partial charge < -0.3 is 20.1 Å². The molecule has 31 heavy (non-hydrogen) atoms. The third kappa shape index (κ3) is 5.02. The molecule has 3 heterocycles. The van der Waals surface area contributed by atoms with Crippen LogP contribution < -0.4 is 5.32 Å². The maximum absolute atomic E-state index is 12.7. The zero-order valence-corrected chi connectivity index (χ0v) is 18.5. The van der Waals surface area contributed by atoms with Gasteiger partial charge in [-0.25, -0.2) is 4.79 Å². The first kappa shape index (κ1) is 21.2. The van der Waals surface area contributed by atoms with Crippen LogP contribution in [0.3, 0.4) is 0 Å². The lowest BCUT2D eigenvalue weighted by Crippen LogP contribution is -2.52. The summed E-state index contributed by atoms with van der Waals surface area (Å²) < 4.78 is 1.70. The average Bonchev–Trinajstić information content (AvgIpc) is 3.36. The van der Waals surface area contributed by atoms with Gasteiger partial charge in [0.1, 0.15) is 0 Å². The van der Waals surface area contributed by atoms with Crippen molar-refractivity contribution < 1.29 is 9.59 Å². The molecule has 1 aliphatic heterocycles. The Kier molecular flexibility index (Phi) is 6.18. The van der Waals surface area contributed by atoms with Gasteiger partial charge in [-0.15, -0.1) is 0 Å². The van der Waals surface area contributed by atoms with Crippen LogP contribution in [-0.4, -0.2) is 62.7 Å². The highest BCUT2D eigenvalue weighted by Gasteiger charge is 2.28. The Balaban J connectivity index is 1.31. The molecule has 2 aromatic heterocycles. The van der Waals surface area contributed by atoms with Gasteiger partial charge in [0, 0.05) is 55.0 Å². The Morgan fingerprint density at radius 3 is 2.97 bits per heavy atom. The minimum absolute atomic E-state index is 0.00637. The summed E-state index contributed by atoms with van der Waals surface area (Å²) in [5, 5.41) is 8.78. The molecule has 4 rings (SSSR count). The molecule has 9 heteroatoms. The van der Waals surface area contributed by atoms with Gasteiger partial charge in [0.15, 0.2) is 0 Å². The minimum atomic E-state index is -0.150. The van der Waals surface area contributed by atoms with E-state index in [-0.39, 0.29) is 18.0 Å². The highest BCUT2D eigenvalue weighted by Crippen LogP contribution is 2.20. The number of aryl methyl sites for hydroxylation is 1. The van der Waals surface area contributed by atoms with E-state index in [1.807, 2.05) is 42.4 Å². The second-order valence-electron chi connectivity index (χ2n) is 8.13. The van der Waals surface area contributed by atoms with E-state index in [0.717, 1.165) is 41.5 Å². The minimum Gasteiger partial charge on any atom is -0.357 e. The molecule has 1 aliphatic rings. The van der Waals surface area contributed by atoms with E-state index >= 15 is 0 Å². The van der Waals surface area contributed by atoms with Crippen molar-refractivity contribution in [2.45, 2.75) is 31.8 Å². The number of carbonyl (C=O) groups excluding carboxylic acids is 2. The van der Waals surface area contributed by atoms with E-state index in [9.17, 15) is 9.59 Å². The van der Waals surface area contributed by atoms with Crippen LogP contribution in [0.15, 0.2) is 36.7 Å². The van der Waals surface area contributed by atoms with Crippen molar-refractivity contribution >= 4 is 34.4 Å². The number of likely N-dealkylation sites (tertiary alicyclic amines) is 1. The van der Waals surface area contributed by atoms with Crippen molar-refractivity contribution in [2.24, 2.45) is 7.05 Å². The molecule has 1 fully saturated rings. The summed E-state index contributed by atoms with van der Waals surface area (Å²) in [7, 11) is 3.63. The first-order chi connectivity index (χ1) is 14.9. The highest BCUT2D eigenvalue weighted by molar-refractivity contribution is 6.31. The Labute approximate surface area is 186 Å². The smallest absolute Gasteiger partial charge is 0.317 e. The van der Waals surface area contributed by atoms with Crippen molar-refractivity contribution in [1.29, 1.82) is 0 Å². The largest absolute Gasteiger partial charge is 0.357 e. The monoisotopic (exact) mass is 442 g/mol. The lowest BCUT2D eigenvalue weighted by Gasteiger charge is -2.37. The van der Waals surface area contributed by atoms with Crippen molar-refractivity contribution in [1.82, 2.24) is 29.9 Å². The summed E-state index contributed by atoms with van der Waals surface area (Å²) in [5.74, 6) is 0.0724. The third-order valence-corrected chi connectivity index (χ3v) is 6.03. The van der Waals surface area contributed by atoms with Gasteiger partial charge in [-0.3, -0.25) is 9.48 Å². The predicted octanol–water partition coefficient (Wildman–Crippen LogP) is 2.93. The van der Waals surface area contributed by atoms with E-state index < -0.39 is 0 Å². The van der Waals surface area contributed by atoms with E-state index in [1.165, 1.54) is 0 Å². The van der Waals surface area contributed by atoms with Gasteiger partial charge in [-0.2, -0.15) is 5.10 Å². The maximum atomic E-state index is 12.7. The molecule has 1 aromatic carbocycles. The van der Waals surface area contributed by atoms with Crippen molar-refractivity contribution in [3.63, 3.8) is 0 Å². The SMILES string of the molecule is CN(C(=O)NCc1cc2cc(Cl)ccc2[nH]1)[C@@H]1CCCN(C(=O)Cc2cnn(C)c2)C1. The second-order valence-corrected chi connectivity index (χ2v) is 8.57. The van der Waals surface area contributed by atoms with Gasteiger partial charge in [0.2, 0.25) is 5.91 Å².